The molecule has 1 N–H and O–H groups in total. The third-order valence-corrected chi connectivity index (χ3v) is 4.51. The van der Waals surface area contributed by atoms with E-state index in [-0.39, 0.29) is 10.9 Å². The highest BCUT2D eigenvalue weighted by Gasteiger charge is 2.17. The van der Waals surface area contributed by atoms with Gasteiger partial charge in [-0.15, -0.1) is 0 Å². The van der Waals surface area contributed by atoms with E-state index in [0.29, 0.717) is 13.0 Å². The lowest BCUT2D eigenvalue weighted by molar-refractivity contribution is 0.313. The summed E-state index contributed by atoms with van der Waals surface area (Å²) in [5.41, 5.74) is 2.09. The molecule has 0 unspecified atom stereocenters. The molecule has 0 aliphatic carbocycles. The van der Waals surface area contributed by atoms with Crippen LogP contribution < -0.4 is 4.74 Å². The summed E-state index contributed by atoms with van der Waals surface area (Å²) in [5, 5.41) is 5.81. The molecule has 0 bridgehead atoms. The molecule has 0 amide bonds. The minimum absolute atomic E-state index is 0.0207. The van der Waals surface area contributed by atoms with Gasteiger partial charge in [-0.1, -0.05) is 18.2 Å². The molecule has 1 heterocycles. The molecule has 1 aromatic carbocycles. The Hall–Kier alpha value is -1.89. The van der Waals surface area contributed by atoms with Crippen LogP contribution in [0.25, 0.3) is 0 Å². The highest BCUT2D eigenvalue weighted by molar-refractivity contribution is 7.91. The van der Waals surface area contributed by atoms with Gasteiger partial charge in [0.1, 0.15) is 12.1 Å². The lowest BCUT2D eigenvalue weighted by Gasteiger charge is -2.11. The largest absolute Gasteiger partial charge is 0.493 e. The number of aromatic nitrogens is 3. The van der Waals surface area contributed by atoms with E-state index < -0.39 is 9.84 Å². The Bertz CT molecular complexity index is 646. The number of hydrogen-bond donors (Lipinski definition) is 1. The predicted octanol–water partition coefficient (Wildman–Crippen LogP) is 1.66. The van der Waals surface area contributed by atoms with E-state index >= 15 is 0 Å². The maximum atomic E-state index is 11.8. The lowest BCUT2D eigenvalue weighted by atomic mass is 10.1. The van der Waals surface area contributed by atoms with E-state index in [1.165, 1.54) is 6.33 Å². The summed E-state index contributed by atoms with van der Waals surface area (Å²) < 4.78 is 29.4. The van der Waals surface area contributed by atoms with Crippen molar-refractivity contribution in [2.24, 2.45) is 0 Å². The van der Waals surface area contributed by atoms with Gasteiger partial charge >= 0.3 is 0 Å². The molecule has 0 aliphatic rings. The number of para-hydroxylation sites is 1. The Morgan fingerprint density at radius 1 is 1.25 bits per heavy atom. The molecule has 6 nitrogen and oxygen atoms in total. The molecule has 0 radical (unpaired) electrons. The minimum atomic E-state index is -3.40. The third kappa shape index (κ3) is 3.36. The van der Waals surface area contributed by atoms with E-state index in [9.17, 15) is 8.42 Å². The first-order valence-corrected chi connectivity index (χ1v) is 7.93. The van der Waals surface area contributed by atoms with Crippen molar-refractivity contribution in [3.63, 3.8) is 0 Å². The van der Waals surface area contributed by atoms with E-state index in [2.05, 4.69) is 15.2 Å². The number of benzene rings is 1. The number of aryl methyl sites for hydroxylation is 2. The number of rotatable bonds is 6. The van der Waals surface area contributed by atoms with Crippen LogP contribution in [0.5, 0.6) is 5.75 Å². The molecule has 2 aromatic rings. The monoisotopic (exact) mass is 295 g/mol. The SMILES string of the molecule is Cc1cccc(C)c1OCCCS(=O)(=O)c1ncn[nH]1. The average Bonchev–Trinajstić information content (AvgIpc) is 2.92. The van der Waals surface area contributed by atoms with Crippen molar-refractivity contribution in [1.82, 2.24) is 15.2 Å². The first-order valence-electron chi connectivity index (χ1n) is 6.28. The third-order valence-electron chi connectivity index (χ3n) is 2.90. The fourth-order valence-electron chi connectivity index (χ4n) is 1.89. The predicted molar refractivity (Wildman–Crippen MR) is 74.5 cm³/mol. The number of nitrogens with one attached hydrogen (secondary N) is 1. The maximum absolute atomic E-state index is 11.8. The highest BCUT2D eigenvalue weighted by atomic mass is 32.2. The minimum Gasteiger partial charge on any atom is -0.493 e. The van der Waals surface area contributed by atoms with E-state index in [0.717, 1.165) is 16.9 Å². The van der Waals surface area contributed by atoms with Crippen LogP contribution in [0.1, 0.15) is 17.5 Å². The molecule has 20 heavy (non-hydrogen) atoms. The highest BCUT2D eigenvalue weighted by Crippen LogP contribution is 2.22. The zero-order chi connectivity index (χ0) is 14.6. The van der Waals surface area contributed by atoms with Crippen LogP contribution in [-0.4, -0.2) is 36.0 Å². The van der Waals surface area contributed by atoms with E-state index in [1.54, 1.807) is 0 Å². The van der Waals surface area contributed by atoms with Gasteiger partial charge in [0.15, 0.2) is 0 Å². The molecule has 0 saturated heterocycles. The number of H-pyrrole nitrogens is 1. The quantitative estimate of drug-likeness (QED) is 0.819. The Morgan fingerprint density at radius 3 is 2.55 bits per heavy atom. The average molecular weight is 295 g/mol. The number of nitrogens with zero attached hydrogens (tertiary/aromatic N) is 2. The zero-order valence-corrected chi connectivity index (χ0v) is 12.3. The van der Waals surface area contributed by atoms with Crippen molar-refractivity contribution < 1.29 is 13.2 Å². The van der Waals surface area contributed by atoms with E-state index in [1.807, 2.05) is 32.0 Å². The van der Waals surface area contributed by atoms with Gasteiger partial charge in [0.25, 0.3) is 0 Å². The second kappa shape index (κ2) is 6.04. The molecule has 2 rings (SSSR count). The smallest absolute Gasteiger partial charge is 0.242 e. The van der Waals surface area contributed by atoms with Crippen molar-refractivity contribution >= 4 is 9.84 Å². The van der Waals surface area contributed by atoms with Gasteiger partial charge in [0.2, 0.25) is 15.0 Å². The van der Waals surface area contributed by atoms with Crippen molar-refractivity contribution in [2.75, 3.05) is 12.4 Å². The van der Waals surface area contributed by atoms with Crippen LogP contribution >= 0.6 is 0 Å². The summed E-state index contributed by atoms with van der Waals surface area (Å²) >= 11 is 0. The fourth-order valence-corrected chi connectivity index (χ4v) is 2.98. The van der Waals surface area contributed by atoms with Crippen LogP contribution in [-0.2, 0) is 9.84 Å². The van der Waals surface area contributed by atoms with Crippen molar-refractivity contribution in [1.29, 1.82) is 0 Å². The van der Waals surface area contributed by atoms with Gasteiger partial charge in [-0.3, -0.25) is 5.10 Å². The maximum Gasteiger partial charge on any atom is 0.242 e. The normalized spacial score (nSPS) is 11.5. The molecule has 0 aliphatic heterocycles. The standard InChI is InChI=1S/C13H17N3O3S/c1-10-5-3-6-11(2)12(10)19-7-4-8-20(17,18)13-14-9-15-16-13/h3,5-6,9H,4,7-8H2,1-2H3,(H,14,15,16). The van der Waals surface area contributed by atoms with Crippen molar-refractivity contribution in [3.05, 3.63) is 35.7 Å². The van der Waals surface area contributed by atoms with Gasteiger partial charge in [-0.2, -0.15) is 5.10 Å². The van der Waals surface area contributed by atoms with Gasteiger partial charge in [0, 0.05) is 0 Å². The molecular weight excluding hydrogens is 278 g/mol. The summed E-state index contributed by atoms with van der Waals surface area (Å²) in [6.07, 6.45) is 1.58. The van der Waals surface area contributed by atoms with Crippen LogP contribution in [0.4, 0.5) is 0 Å². The summed E-state index contributed by atoms with van der Waals surface area (Å²) in [5.74, 6) is 0.803. The second-order valence-corrected chi connectivity index (χ2v) is 6.56. The van der Waals surface area contributed by atoms with Crippen molar-refractivity contribution in [2.45, 2.75) is 25.4 Å². The number of ether oxygens (including phenoxy) is 1. The summed E-state index contributed by atoms with van der Waals surface area (Å²) in [6.45, 7) is 4.28. The Morgan fingerprint density at radius 2 is 1.95 bits per heavy atom. The van der Waals surface area contributed by atoms with Crippen LogP contribution in [0.2, 0.25) is 0 Å². The van der Waals surface area contributed by atoms with E-state index in [4.69, 9.17) is 4.74 Å². The Kier molecular flexibility index (Phi) is 4.39. The summed E-state index contributed by atoms with van der Waals surface area (Å²) in [7, 11) is -3.40. The number of aromatic amines is 1. The Labute approximate surface area is 118 Å². The first kappa shape index (κ1) is 14.5. The topological polar surface area (TPSA) is 84.9 Å². The summed E-state index contributed by atoms with van der Waals surface area (Å²) in [6, 6.07) is 5.90. The second-order valence-electron chi connectivity index (χ2n) is 4.53. The molecule has 7 heteroatoms. The van der Waals surface area contributed by atoms with Gasteiger partial charge < -0.3 is 4.74 Å². The molecule has 0 fully saturated rings. The number of sulfone groups is 1. The molecule has 108 valence electrons. The molecule has 0 atom stereocenters. The van der Waals surface area contributed by atoms with Crippen LogP contribution in [0, 0.1) is 13.8 Å². The van der Waals surface area contributed by atoms with Crippen LogP contribution in [0.3, 0.4) is 0 Å². The molecular formula is C13H17N3O3S. The fraction of sp³-hybridized carbons (Fsp3) is 0.385. The van der Waals surface area contributed by atoms with Gasteiger partial charge in [0.05, 0.1) is 12.4 Å². The van der Waals surface area contributed by atoms with Crippen molar-refractivity contribution in [3.8, 4) is 5.75 Å². The van der Waals surface area contributed by atoms with Crippen LogP contribution in [0.15, 0.2) is 29.7 Å². The summed E-state index contributed by atoms with van der Waals surface area (Å²) in [4.78, 5) is 3.66. The Balaban J connectivity index is 1.89. The zero-order valence-electron chi connectivity index (χ0n) is 11.5. The molecule has 1 aromatic heterocycles. The first-order chi connectivity index (χ1) is 9.50. The lowest BCUT2D eigenvalue weighted by Crippen LogP contribution is -2.12. The number of hydrogen-bond acceptors (Lipinski definition) is 5. The van der Waals surface area contributed by atoms with Gasteiger partial charge in [-0.05, 0) is 31.4 Å². The van der Waals surface area contributed by atoms with Gasteiger partial charge in [-0.25, -0.2) is 13.4 Å². The molecule has 0 saturated carbocycles. The molecule has 0 spiro atoms.